The lowest BCUT2D eigenvalue weighted by Gasteiger charge is -2.05. The Balaban J connectivity index is 1.76. The average molecular weight is 194 g/mol. The molecule has 1 heteroatoms. The predicted molar refractivity (Wildman–Crippen MR) is 58.2 cm³/mol. The predicted octanol–water partition coefficient (Wildman–Crippen LogP) is 3.72. The fraction of sp³-hybridized carbons (Fsp3) is 0.923. The molecule has 0 saturated heterocycles. The molecule has 0 radical (unpaired) electrons. The largest absolute Gasteiger partial charge is 0.299 e. The third-order valence-corrected chi connectivity index (χ3v) is 3.83. The van der Waals surface area contributed by atoms with Crippen LogP contribution in [0, 0.1) is 11.8 Å². The van der Waals surface area contributed by atoms with Crippen LogP contribution < -0.4 is 0 Å². The topological polar surface area (TPSA) is 17.1 Å². The van der Waals surface area contributed by atoms with E-state index in [2.05, 4.69) is 0 Å². The summed E-state index contributed by atoms with van der Waals surface area (Å²) >= 11 is 0. The fourth-order valence-corrected chi connectivity index (χ4v) is 2.74. The molecule has 2 aliphatic rings. The minimum Gasteiger partial charge on any atom is -0.299 e. The Morgan fingerprint density at radius 2 is 1.50 bits per heavy atom. The molecule has 2 rings (SSSR count). The van der Waals surface area contributed by atoms with E-state index in [4.69, 9.17) is 0 Å². The molecule has 0 amide bonds. The number of hydrogen-bond acceptors (Lipinski definition) is 1. The van der Waals surface area contributed by atoms with Gasteiger partial charge in [-0.2, -0.15) is 0 Å². The molecule has 2 atom stereocenters. The van der Waals surface area contributed by atoms with E-state index in [1.54, 1.807) is 0 Å². The van der Waals surface area contributed by atoms with Gasteiger partial charge in [-0.1, -0.05) is 38.5 Å². The van der Waals surface area contributed by atoms with Crippen LogP contribution in [-0.2, 0) is 4.79 Å². The van der Waals surface area contributed by atoms with E-state index < -0.39 is 0 Å². The monoisotopic (exact) mass is 194 g/mol. The van der Waals surface area contributed by atoms with Crippen molar-refractivity contribution in [3.8, 4) is 0 Å². The number of rotatable bonds is 0. The lowest BCUT2D eigenvalue weighted by atomic mass is 10.0. The first-order chi connectivity index (χ1) is 6.88. The van der Waals surface area contributed by atoms with E-state index >= 15 is 0 Å². The second kappa shape index (κ2) is 4.95. The van der Waals surface area contributed by atoms with Gasteiger partial charge in [0.25, 0.3) is 0 Å². The lowest BCUT2D eigenvalue weighted by Crippen LogP contribution is -2.03. The first kappa shape index (κ1) is 10.2. The number of carbonyl (C=O) groups excluding carboxylic acids is 1. The van der Waals surface area contributed by atoms with Crippen molar-refractivity contribution in [2.24, 2.45) is 11.8 Å². The van der Waals surface area contributed by atoms with Crippen molar-refractivity contribution in [3.63, 3.8) is 0 Å². The van der Waals surface area contributed by atoms with Crippen LogP contribution in [0.2, 0.25) is 0 Å². The van der Waals surface area contributed by atoms with Gasteiger partial charge in [0, 0.05) is 12.3 Å². The molecule has 0 unspecified atom stereocenters. The smallest absolute Gasteiger partial charge is 0.136 e. The first-order valence-electron chi connectivity index (χ1n) is 6.40. The summed E-state index contributed by atoms with van der Waals surface area (Å²) in [5.41, 5.74) is 0. The lowest BCUT2D eigenvalue weighted by molar-refractivity contribution is -0.120. The molecule has 1 nitrogen and oxygen atoms in total. The first-order valence-corrected chi connectivity index (χ1v) is 6.40. The zero-order chi connectivity index (χ0) is 9.80. The standard InChI is InChI=1S/C13H22O/c14-13-9-7-5-3-1-2-4-6-8-11-10-12(11)13/h11-12H,1-10H2/t11-,12-/m0/s1. The Bertz CT molecular complexity index is 197. The van der Waals surface area contributed by atoms with E-state index in [0.717, 1.165) is 18.8 Å². The molecule has 0 bridgehead atoms. The van der Waals surface area contributed by atoms with Crippen LogP contribution in [0.4, 0.5) is 0 Å². The van der Waals surface area contributed by atoms with Gasteiger partial charge in [-0.15, -0.1) is 0 Å². The van der Waals surface area contributed by atoms with Gasteiger partial charge in [0.05, 0.1) is 0 Å². The zero-order valence-electron chi connectivity index (χ0n) is 9.13. The van der Waals surface area contributed by atoms with Crippen LogP contribution in [0.25, 0.3) is 0 Å². The Labute approximate surface area is 87.3 Å². The zero-order valence-corrected chi connectivity index (χ0v) is 9.13. The minimum absolute atomic E-state index is 0.495. The van der Waals surface area contributed by atoms with Crippen molar-refractivity contribution in [2.45, 2.75) is 64.2 Å². The Morgan fingerprint density at radius 3 is 2.29 bits per heavy atom. The second-order valence-corrected chi connectivity index (χ2v) is 5.08. The SMILES string of the molecule is O=C1CCCCCCCCC[C@H]2C[C@H]12. The molecule has 0 heterocycles. The maximum absolute atomic E-state index is 11.7. The van der Waals surface area contributed by atoms with Gasteiger partial charge in [0.15, 0.2) is 0 Å². The fourth-order valence-electron chi connectivity index (χ4n) is 2.74. The molecule has 0 N–H and O–H groups in total. The van der Waals surface area contributed by atoms with Gasteiger partial charge in [-0.25, -0.2) is 0 Å². The van der Waals surface area contributed by atoms with Gasteiger partial charge >= 0.3 is 0 Å². The van der Waals surface area contributed by atoms with Crippen molar-refractivity contribution < 1.29 is 4.79 Å². The van der Waals surface area contributed by atoms with Crippen LogP contribution in [0.3, 0.4) is 0 Å². The molecular formula is C13H22O. The molecule has 0 spiro atoms. The van der Waals surface area contributed by atoms with Crippen molar-refractivity contribution >= 4 is 5.78 Å². The van der Waals surface area contributed by atoms with E-state index in [1.165, 1.54) is 51.4 Å². The molecule has 0 aromatic rings. The summed E-state index contributed by atoms with van der Waals surface area (Å²) < 4.78 is 0. The van der Waals surface area contributed by atoms with Crippen LogP contribution >= 0.6 is 0 Å². The molecule has 2 saturated carbocycles. The Morgan fingerprint density at radius 1 is 0.857 bits per heavy atom. The van der Waals surface area contributed by atoms with Crippen molar-refractivity contribution in [1.29, 1.82) is 0 Å². The third-order valence-electron chi connectivity index (χ3n) is 3.83. The van der Waals surface area contributed by atoms with E-state index in [1.807, 2.05) is 0 Å². The second-order valence-electron chi connectivity index (χ2n) is 5.08. The van der Waals surface area contributed by atoms with Gasteiger partial charge in [0.1, 0.15) is 5.78 Å². The van der Waals surface area contributed by atoms with E-state index in [-0.39, 0.29) is 0 Å². The number of carbonyl (C=O) groups is 1. The molecule has 2 aliphatic carbocycles. The van der Waals surface area contributed by atoms with Crippen molar-refractivity contribution in [2.75, 3.05) is 0 Å². The van der Waals surface area contributed by atoms with Gasteiger partial charge < -0.3 is 0 Å². The summed E-state index contributed by atoms with van der Waals surface area (Å²) in [5.74, 6) is 1.87. The summed E-state index contributed by atoms with van der Waals surface area (Å²) in [6.07, 6.45) is 12.8. The van der Waals surface area contributed by atoms with Crippen LogP contribution in [0.5, 0.6) is 0 Å². The molecule has 0 aromatic heterocycles. The highest BCUT2D eigenvalue weighted by atomic mass is 16.1. The normalized spacial score (nSPS) is 35.3. The van der Waals surface area contributed by atoms with Crippen molar-refractivity contribution in [1.82, 2.24) is 0 Å². The Kier molecular flexibility index (Phi) is 3.61. The maximum atomic E-state index is 11.7. The summed E-state index contributed by atoms with van der Waals surface area (Å²) in [4.78, 5) is 11.7. The highest BCUT2D eigenvalue weighted by Crippen LogP contribution is 2.44. The Hall–Kier alpha value is -0.330. The van der Waals surface area contributed by atoms with Crippen LogP contribution in [0.15, 0.2) is 0 Å². The summed E-state index contributed by atoms with van der Waals surface area (Å²) in [6, 6.07) is 0. The van der Waals surface area contributed by atoms with Gasteiger partial charge in [-0.3, -0.25) is 4.79 Å². The van der Waals surface area contributed by atoms with Crippen molar-refractivity contribution in [3.05, 3.63) is 0 Å². The third kappa shape index (κ3) is 2.83. The van der Waals surface area contributed by atoms with Gasteiger partial charge in [-0.05, 0) is 25.2 Å². The molecule has 0 aromatic carbocycles. The molecule has 2 fully saturated rings. The highest BCUT2D eigenvalue weighted by Gasteiger charge is 2.41. The molecule has 0 aliphatic heterocycles. The van der Waals surface area contributed by atoms with E-state index in [0.29, 0.717) is 11.7 Å². The molecule has 80 valence electrons. The van der Waals surface area contributed by atoms with Crippen LogP contribution in [0.1, 0.15) is 64.2 Å². The number of hydrogen-bond donors (Lipinski definition) is 0. The summed E-state index contributed by atoms with van der Waals surface area (Å²) in [6.45, 7) is 0. The summed E-state index contributed by atoms with van der Waals surface area (Å²) in [5, 5.41) is 0. The molecular weight excluding hydrogens is 172 g/mol. The minimum atomic E-state index is 0.495. The van der Waals surface area contributed by atoms with Gasteiger partial charge in [0.2, 0.25) is 0 Å². The summed E-state index contributed by atoms with van der Waals surface area (Å²) in [7, 11) is 0. The number of ketones is 1. The number of fused-ring (bicyclic) bond motifs is 1. The highest BCUT2D eigenvalue weighted by molar-refractivity contribution is 5.83. The average Bonchev–Trinajstić information content (AvgIpc) is 2.92. The maximum Gasteiger partial charge on any atom is 0.136 e. The quantitative estimate of drug-likeness (QED) is 0.574. The van der Waals surface area contributed by atoms with E-state index in [9.17, 15) is 4.79 Å². The van der Waals surface area contributed by atoms with Crippen LogP contribution in [-0.4, -0.2) is 5.78 Å². The molecule has 14 heavy (non-hydrogen) atoms. The number of Topliss-reactive ketones (excluding diaryl/α,β-unsaturated/α-hetero) is 1.